The fourth-order valence-electron chi connectivity index (χ4n) is 4.26. The molecule has 0 spiro atoms. The summed E-state index contributed by atoms with van der Waals surface area (Å²) in [5, 5.41) is 10.0. The third-order valence-corrected chi connectivity index (χ3v) is 6.65. The molecule has 3 heterocycles. The van der Waals surface area contributed by atoms with Gasteiger partial charge >= 0.3 is 11.8 Å². The number of nitrogens with one attached hydrogen (secondary N) is 2. The van der Waals surface area contributed by atoms with E-state index in [0.717, 1.165) is 24.2 Å². The van der Waals surface area contributed by atoms with Gasteiger partial charge in [-0.05, 0) is 57.5 Å². The van der Waals surface area contributed by atoms with Crippen molar-refractivity contribution in [2.45, 2.75) is 38.8 Å². The lowest BCUT2D eigenvalue weighted by Gasteiger charge is -2.38. The van der Waals surface area contributed by atoms with Crippen molar-refractivity contribution in [3.63, 3.8) is 0 Å². The molecule has 0 radical (unpaired) electrons. The topological polar surface area (TPSA) is 129 Å². The number of hydrogen-bond donors (Lipinski definition) is 3. The normalized spacial score (nSPS) is 19.1. The van der Waals surface area contributed by atoms with E-state index >= 15 is 0 Å². The molecule has 3 aromatic rings. The standard InChI is InChI=1S/C25H33N7O3/c1-15-8-9-21(17-6-5-7-18(10-17)35-14-16(2)31(3)4)32(13-15)25(34)24(33)29-20-12-27-23(26)19-11-28-30-22(19)20/h5-7,10-12,15-16,21H,8-9,13-14H2,1-4H3,(H2,26,27)(H,28,30)(H,29,33)/t15-,16-,21+/m0/s1. The van der Waals surface area contributed by atoms with E-state index in [-0.39, 0.29) is 12.1 Å². The van der Waals surface area contributed by atoms with Crippen molar-refractivity contribution in [3.8, 4) is 5.75 Å². The predicted molar refractivity (Wildman–Crippen MR) is 135 cm³/mol. The van der Waals surface area contributed by atoms with Gasteiger partial charge in [0.2, 0.25) is 0 Å². The van der Waals surface area contributed by atoms with Crippen molar-refractivity contribution in [1.29, 1.82) is 0 Å². The second-order valence-electron chi connectivity index (χ2n) is 9.52. The number of rotatable bonds is 6. The van der Waals surface area contributed by atoms with Crippen LogP contribution in [0.2, 0.25) is 0 Å². The predicted octanol–water partition coefficient (Wildman–Crippen LogP) is 2.81. The van der Waals surface area contributed by atoms with E-state index in [0.29, 0.717) is 41.5 Å². The first-order chi connectivity index (χ1) is 16.7. The highest BCUT2D eigenvalue weighted by atomic mass is 16.5. The Morgan fingerprint density at radius 1 is 1.31 bits per heavy atom. The Kier molecular flexibility index (Phi) is 7.20. The second-order valence-corrected chi connectivity index (χ2v) is 9.52. The molecule has 2 amide bonds. The number of hydrogen-bond acceptors (Lipinski definition) is 7. The van der Waals surface area contributed by atoms with E-state index in [1.807, 2.05) is 38.4 Å². The minimum absolute atomic E-state index is 0.212. The summed E-state index contributed by atoms with van der Waals surface area (Å²) in [6.07, 6.45) is 4.69. The number of carbonyl (C=O) groups is 2. The highest BCUT2D eigenvalue weighted by molar-refractivity contribution is 6.40. The van der Waals surface area contributed by atoms with Crippen LogP contribution in [-0.4, -0.2) is 70.1 Å². The molecule has 4 rings (SSSR count). The van der Waals surface area contributed by atoms with Crippen molar-refractivity contribution in [1.82, 2.24) is 25.0 Å². The van der Waals surface area contributed by atoms with Crippen molar-refractivity contribution in [2.75, 3.05) is 38.3 Å². The van der Waals surface area contributed by atoms with E-state index in [1.165, 1.54) is 12.4 Å². The number of fused-ring (bicyclic) bond motifs is 1. The number of likely N-dealkylation sites (tertiary alicyclic amines) is 1. The Bertz CT molecular complexity index is 1210. The van der Waals surface area contributed by atoms with Gasteiger partial charge in [-0.15, -0.1) is 0 Å². The van der Waals surface area contributed by atoms with E-state index in [2.05, 4.69) is 39.2 Å². The minimum atomic E-state index is -0.723. The lowest BCUT2D eigenvalue weighted by atomic mass is 9.89. The van der Waals surface area contributed by atoms with Gasteiger partial charge < -0.3 is 25.6 Å². The van der Waals surface area contributed by atoms with Crippen molar-refractivity contribution < 1.29 is 14.3 Å². The van der Waals surface area contributed by atoms with Crippen LogP contribution in [0.3, 0.4) is 0 Å². The van der Waals surface area contributed by atoms with Gasteiger partial charge in [-0.3, -0.25) is 14.7 Å². The third-order valence-electron chi connectivity index (χ3n) is 6.65. The van der Waals surface area contributed by atoms with Gasteiger partial charge in [0.05, 0.1) is 35.0 Å². The van der Waals surface area contributed by atoms with E-state index in [9.17, 15) is 9.59 Å². The molecule has 0 unspecified atom stereocenters. The number of likely N-dealkylation sites (N-methyl/N-ethyl adjacent to an activating group) is 1. The number of aromatic nitrogens is 3. The van der Waals surface area contributed by atoms with Gasteiger partial charge in [0.25, 0.3) is 0 Å². The Hall–Kier alpha value is -3.66. The summed E-state index contributed by atoms with van der Waals surface area (Å²) in [7, 11) is 4.03. The fourth-order valence-corrected chi connectivity index (χ4v) is 4.26. The molecule has 2 aromatic heterocycles. The first-order valence-electron chi connectivity index (χ1n) is 11.8. The van der Waals surface area contributed by atoms with Gasteiger partial charge in [0, 0.05) is 12.6 Å². The Labute approximate surface area is 204 Å². The largest absolute Gasteiger partial charge is 0.492 e. The van der Waals surface area contributed by atoms with E-state index in [4.69, 9.17) is 10.5 Å². The number of ether oxygens (including phenoxy) is 1. The van der Waals surface area contributed by atoms with Gasteiger partial charge in [0.15, 0.2) is 0 Å². The number of benzene rings is 1. The highest BCUT2D eigenvalue weighted by Crippen LogP contribution is 2.35. The monoisotopic (exact) mass is 479 g/mol. The van der Waals surface area contributed by atoms with E-state index in [1.54, 1.807) is 4.90 Å². The average molecular weight is 480 g/mol. The summed E-state index contributed by atoms with van der Waals surface area (Å²) >= 11 is 0. The number of nitrogen functional groups attached to an aromatic ring is 1. The lowest BCUT2D eigenvalue weighted by molar-refractivity contribution is -0.146. The number of pyridine rings is 1. The summed E-state index contributed by atoms with van der Waals surface area (Å²) in [6.45, 7) is 5.24. The minimum Gasteiger partial charge on any atom is -0.492 e. The zero-order chi connectivity index (χ0) is 25.1. The van der Waals surface area contributed by atoms with Crippen LogP contribution in [-0.2, 0) is 9.59 Å². The lowest BCUT2D eigenvalue weighted by Crippen LogP contribution is -2.46. The molecule has 1 fully saturated rings. The quantitative estimate of drug-likeness (QED) is 0.464. The van der Waals surface area contributed by atoms with Crippen molar-refractivity contribution >= 4 is 34.2 Å². The number of nitrogens with zero attached hydrogens (tertiary/aromatic N) is 4. The number of amides is 2. The number of aromatic amines is 1. The molecular weight excluding hydrogens is 446 g/mol. The van der Waals surface area contributed by atoms with Crippen LogP contribution >= 0.6 is 0 Å². The van der Waals surface area contributed by atoms with Gasteiger partial charge in [0.1, 0.15) is 18.2 Å². The van der Waals surface area contributed by atoms with Crippen LogP contribution in [0.5, 0.6) is 5.75 Å². The van der Waals surface area contributed by atoms with Crippen molar-refractivity contribution in [2.24, 2.45) is 5.92 Å². The summed E-state index contributed by atoms with van der Waals surface area (Å²) in [6, 6.07) is 7.86. The van der Waals surface area contributed by atoms with Crippen LogP contribution in [0.4, 0.5) is 11.5 Å². The maximum absolute atomic E-state index is 13.4. The molecule has 0 bridgehead atoms. The Morgan fingerprint density at radius 3 is 2.89 bits per heavy atom. The van der Waals surface area contributed by atoms with Crippen LogP contribution < -0.4 is 15.8 Å². The molecule has 35 heavy (non-hydrogen) atoms. The summed E-state index contributed by atoms with van der Waals surface area (Å²) in [4.78, 5) is 34.2. The first kappa shape index (κ1) is 24.5. The molecule has 1 aliphatic rings. The molecule has 4 N–H and O–H groups in total. The molecule has 0 aliphatic carbocycles. The molecular formula is C25H33N7O3. The number of anilines is 2. The molecule has 1 aliphatic heterocycles. The highest BCUT2D eigenvalue weighted by Gasteiger charge is 2.34. The third kappa shape index (κ3) is 5.37. The number of nitrogens with two attached hydrogens (primary N) is 1. The molecule has 186 valence electrons. The van der Waals surface area contributed by atoms with Gasteiger partial charge in [-0.2, -0.15) is 5.10 Å². The van der Waals surface area contributed by atoms with Gasteiger partial charge in [-0.1, -0.05) is 19.1 Å². The average Bonchev–Trinajstić information content (AvgIpc) is 3.35. The molecule has 0 saturated carbocycles. The molecule has 3 atom stereocenters. The van der Waals surface area contributed by atoms with Crippen LogP contribution in [0.25, 0.3) is 10.9 Å². The summed E-state index contributed by atoms with van der Waals surface area (Å²) < 4.78 is 6.00. The molecule has 10 heteroatoms. The first-order valence-corrected chi connectivity index (χ1v) is 11.8. The summed E-state index contributed by atoms with van der Waals surface area (Å²) in [5.74, 6) is 0.0320. The van der Waals surface area contributed by atoms with Crippen LogP contribution in [0, 0.1) is 5.92 Å². The zero-order valence-electron chi connectivity index (χ0n) is 20.6. The number of H-pyrrole nitrogens is 1. The second kappa shape index (κ2) is 10.3. The SMILES string of the molecule is C[C@H]1CC[C@H](c2cccc(OC[C@H](C)N(C)C)c2)N(C(=O)C(=O)Nc2cnc(N)c3cn[nH]c23)C1. The number of carbonyl (C=O) groups excluding carboxylic acids is 2. The van der Waals surface area contributed by atoms with E-state index < -0.39 is 11.8 Å². The maximum atomic E-state index is 13.4. The van der Waals surface area contributed by atoms with Gasteiger partial charge in [-0.25, -0.2) is 4.98 Å². The van der Waals surface area contributed by atoms with Crippen LogP contribution in [0.15, 0.2) is 36.7 Å². The smallest absolute Gasteiger partial charge is 0.314 e. The summed E-state index contributed by atoms with van der Waals surface area (Å²) in [5.41, 5.74) is 7.71. The van der Waals surface area contributed by atoms with Crippen molar-refractivity contribution in [3.05, 3.63) is 42.2 Å². The fraction of sp³-hybridized carbons (Fsp3) is 0.440. The maximum Gasteiger partial charge on any atom is 0.314 e. The molecule has 10 nitrogen and oxygen atoms in total. The van der Waals surface area contributed by atoms with Crippen LogP contribution in [0.1, 0.15) is 38.3 Å². The molecule has 1 saturated heterocycles. The number of piperidine rings is 1. The molecule has 1 aromatic carbocycles. The Balaban J connectivity index is 1.52. The zero-order valence-corrected chi connectivity index (χ0v) is 20.6. The Morgan fingerprint density at radius 2 is 2.11 bits per heavy atom.